The number of aromatic nitrogens is 3. The highest BCUT2D eigenvalue weighted by atomic mass is 19.1. The lowest BCUT2D eigenvalue weighted by atomic mass is 10.1. The summed E-state index contributed by atoms with van der Waals surface area (Å²) in [6, 6.07) is 11.2. The van der Waals surface area contributed by atoms with Crippen LogP contribution in [-0.4, -0.2) is 20.9 Å². The van der Waals surface area contributed by atoms with Gasteiger partial charge in [-0.05, 0) is 36.8 Å². The quantitative estimate of drug-likeness (QED) is 0.736. The van der Waals surface area contributed by atoms with Crippen molar-refractivity contribution < 1.29 is 9.18 Å². The molecule has 0 aliphatic carbocycles. The molecule has 26 heavy (non-hydrogen) atoms. The van der Waals surface area contributed by atoms with E-state index in [4.69, 9.17) is 0 Å². The predicted molar refractivity (Wildman–Crippen MR) is 94.8 cm³/mol. The highest BCUT2D eigenvalue weighted by molar-refractivity contribution is 5.78. The average molecular weight is 352 g/mol. The molecule has 6 nitrogen and oxygen atoms in total. The second-order valence-corrected chi connectivity index (χ2v) is 5.77. The molecule has 3 rings (SSSR count). The van der Waals surface area contributed by atoms with Gasteiger partial charge in [0.25, 0.3) is 5.56 Å². The van der Waals surface area contributed by atoms with Gasteiger partial charge >= 0.3 is 0 Å². The number of rotatable bonds is 5. The fraction of sp³-hybridized carbons (Fsp3) is 0.158. The average Bonchev–Trinajstić information content (AvgIpc) is 2.65. The Morgan fingerprint density at radius 3 is 2.62 bits per heavy atom. The molecule has 3 aromatic rings. The molecule has 0 spiro atoms. The molecule has 2 heterocycles. The van der Waals surface area contributed by atoms with E-state index >= 15 is 0 Å². The van der Waals surface area contributed by atoms with Crippen LogP contribution in [0.15, 0.2) is 53.5 Å². The van der Waals surface area contributed by atoms with Crippen molar-refractivity contribution in [3.63, 3.8) is 0 Å². The van der Waals surface area contributed by atoms with E-state index in [2.05, 4.69) is 20.3 Å². The van der Waals surface area contributed by atoms with E-state index in [0.29, 0.717) is 22.8 Å². The Balaban J connectivity index is 1.70. The largest absolute Gasteiger partial charge is 0.352 e. The van der Waals surface area contributed by atoms with E-state index in [1.807, 2.05) is 0 Å². The minimum absolute atomic E-state index is 0.0855. The first-order valence-electron chi connectivity index (χ1n) is 8.05. The van der Waals surface area contributed by atoms with Gasteiger partial charge in [-0.25, -0.2) is 9.37 Å². The first-order chi connectivity index (χ1) is 12.5. The van der Waals surface area contributed by atoms with Crippen molar-refractivity contribution in [3.05, 3.63) is 81.7 Å². The van der Waals surface area contributed by atoms with Crippen molar-refractivity contribution in [1.29, 1.82) is 0 Å². The van der Waals surface area contributed by atoms with Crippen molar-refractivity contribution in [2.24, 2.45) is 0 Å². The zero-order valence-electron chi connectivity index (χ0n) is 14.1. The van der Waals surface area contributed by atoms with Crippen LogP contribution in [0.3, 0.4) is 0 Å². The molecule has 1 aromatic carbocycles. The smallest absolute Gasteiger partial charge is 0.255 e. The lowest BCUT2D eigenvalue weighted by Crippen LogP contribution is -2.28. The van der Waals surface area contributed by atoms with Gasteiger partial charge in [0.1, 0.15) is 11.5 Å². The summed E-state index contributed by atoms with van der Waals surface area (Å²) in [5.74, 6) is -0.278. The van der Waals surface area contributed by atoms with Crippen LogP contribution < -0.4 is 10.9 Å². The minimum atomic E-state index is -0.366. The van der Waals surface area contributed by atoms with Crippen molar-refractivity contribution in [1.82, 2.24) is 20.3 Å². The van der Waals surface area contributed by atoms with Crippen LogP contribution in [0, 0.1) is 12.7 Å². The molecule has 0 saturated carbocycles. The number of carbonyl (C=O) groups is 1. The fourth-order valence-electron chi connectivity index (χ4n) is 2.47. The van der Waals surface area contributed by atoms with E-state index in [1.54, 1.807) is 43.5 Å². The molecule has 132 valence electrons. The summed E-state index contributed by atoms with van der Waals surface area (Å²) < 4.78 is 12.9. The standard InChI is InChI=1S/C19H17FN4O2/c1-12-15(10-17(25)22-11-13-5-7-14(20)8-6-13)19(26)24-18(23-12)16-4-2-3-9-21-16/h2-9H,10-11H2,1H3,(H,22,25)(H,23,24,26). The van der Waals surface area contributed by atoms with Crippen LogP contribution in [-0.2, 0) is 17.8 Å². The molecule has 1 amide bonds. The normalized spacial score (nSPS) is 10.5. The summed E-state index contributed by atoms with van der Waals surface area (Å²) in [5.41, 5.74) is 1.75. The summed E-state index contributed by atoms with van der Waals surface area (Å²) in [4.78, 5) is 35.6. The number of benzene rings is 1. The summed E-state index contributed by atoms with van der Waals surface area (Å²) in [7, 11) is 0. The molecule has 0 aliphatic heterocycles. The number of pyridine rings is 1. The molecule has 0 bridgehead atoms. The van der Waals surface area contributed by atoms with E-state index < -0.39 is 0 Å². The molecule has 2 N–H and O–H groups in total. The maximum absolute atomic E-state index is 12.9. The van der Waals surface area contributed by atoms with E-state index in [0.717, 1.165) is 5.56 Å². The van der Waals surface area contributed by atoms with Gasteiger partial charge in [-0.2, -0.15) is 0 Å². The maximum atomic E-state index is 12.9. The Hall–Kier alpha value is -3.35. The Labute approximate surface area is 149 Å². The van der Waals surface area contributed by atoms with Crippen LogP contribution in [0.1, 0.15) is 16.8 Å². The van der Waals surface area contributed by atoms with Crippen LogP contribution in [0.2, 0.25) is 0 Å². The number of hydrogen-bond acceptors (Lipinski definition) is 4. The second-order valence-electron chi connectivity index (χ2n) is 5.77. The first-order valence-corrected chi connectivity index (χ1v) is 8.05. The molecule has 2 aromatic heterocycles. The van der Waals surface area contributed by atoms with Gasteiger partial charge in [0.05, 0.1) is 6.42 Å². The SMILES string of the molecule is Cc1nc(-c2ccccn2)[nH]c(=O)c1CC(=O)NCc1ccc(F)cc1. The lowest BCUT2D eigenvalue weighted by Gasteiger charge is -2.08. The number of amides is 1. The summed E-state index contributed by atoms with van der Waals surface area (Å²) in [5, 5.41) is 2.71. The Morgan fingerprint density at radius 1 is 1.19 bits per heavy atom. The van der Waals surface area contributed by atoms with Gasteiger partial charge in [-0.15, -0.1) is 0 Å². The van der Waals surface area contributed by atoms with Crippen LogP contribution in [0.5, 0.6) is 0 Å². The van der Waals surface area contributed by atoms with Gasteiger partial charge in [-0.1, -0.05) is 18.2 Å². The maximum Gasteiger partial charge on any atom is 0.255 e. The summed E-state index contributed by atoms with van der Waals surface area (Å²) in [6.07, 6.45) is 1.53. The minimum Gasteiger partial charge on any atom is -0.352 e. The van der Waals surface area contributed by atoms with Gasteiger partial charge in [-0.3, -0.25) is 14.6 Å². The Morgan fingerprint density at radius 2 is 1.96 bits per heavy atom. The van der Waals surface area contributed by atoms with Gasteiger partial charge in [0.2, 0.25) is 5.91 Å². The Kier molecular flexibility index (Phi) is 5.17. The second kappa shape index (κ2) is 7.69. The number of H-pyrrole nitrogens is 1. The summed E-state index contributed by atoms with van der Waals surface area (Å²) in [6.45, 7) is 1.94. The van der Waals surface area contributed by atoms with Crippen LogP contribution >= 0.6 is 0 Å². The highest BCUT2D eigenvalue weighted by Crippen LogP contribution is 2.11. The molecule has 0 fully saturated rings. The molecule has 0 radical (unpaired) electrons. The molecule has 0 saturated heterocycles. The highest BCUT2D eigenvalue weighted by Gasteiger charge is 2.13. The van der Waals surface area contributed by atoms with Crippen molar-refractivity contribution in [2.45, 2.75) is 19.9 Å². The molecular weight excluding hydrogens is 335 g/mol. The molecule has 0 unspecified atom stereocenters. The number of aromatic amines is 1. The molecule has 7 heteroatoms. The number of nitrogens with one attached hydrogen (secondary N) is 2. The van der Waals surface area contributed by atoms with Crippen molar-refractivity contribution >= 4 is 5.91 Å². The topological polar surface area (TPSA) is 87.7 Å². The third-order valence-electron chi connectivity index (χ3n) is 3.87. The number of aryl methyl sites for hydroxylation is 1. The van der Waals surface area contributed by atoms with E-state index in [1.165, 1.54) is 12.1 Å². The van der Waals surface area contributed by atoms with E-state index in [9.17, 15) is 14.0 Å². The first kappa shape index (κ1) is 17.5. The lowest BCUT2D eigenvalue weighted by molar-refractivity contribution is -0.120. The van der Waals surface area contributed by atoms with E-state index in [-0.39, 0.29) is 30.2 Å². The predicted octanol–water partition coefficient (Wildman–Crippen LogP) is 2.14. The molecule has 0 aliphatic rings. The Bertz CT molecular complexity index is 969. The fourth-order valence-corrected chi connectivity index (χ4v) is 2.47. The monoisotopic (exact) mass is 352 g/mol. The number of carbonyl (C=O) groups excluding carboxylic acids is 1. The third-order valence-corrected chi connectivity index (χ3v) is 3.87. The van der Waals surface area contributed by atoms with Crippen LogP contribution in [0.4, 0.5) is 4.39 Å². The molecular formula is C19H17FN4O2. The van der Waals surface area contributed by atoms with Crippen molar-refractivity contribution in [2.75, 3.05) is 0 Å². The van der Waals surface area contributed by atoms with Gasteiger partial charge in [0.15, 0.2) is 5.82 Å². The number of hydrogen-bond donors (Lipinski definition) is 2. The van der Waals surface area contributed by atoms with Gasteiger partial charge in [0, 0.05) is 24.0 Å². The zero-order chi connectivity index (χ0) is 18.5. The number of nitrogens with zero attached hydrogens (tertiary/aromatic N) is 2. The number of halogens is 1. The van der Waals surface area contributed by atoms with Crippen LogP contribution in [0.25, 0.3) is 11.5 Å². The van der Waals surface area contributed by atoms with Crippen molar-refractivity contribution in [3.8, 4) is 11.5 Å². The van der Waals surface area contributed by atoms with Gasteiger partial charge < -0.3 is 10.3 Å². The zero-order valence-corrected chi connectivity index (χ0v) is 14.1. The third kappa shape index (κ3) is 4.18. The molecule has 0 atom stereocenters. The summed E-state index contributed by atoms with van der Waals surface area (Å²) >= 11 is 0.